The molecule has 0 aromatic heterocycles. The number of hydrogen-bond acceptors (Lipinski definition) is 6. The third-order valence-electron chi connectivity index (χ3n) is 5.10. The highest BCUT2D eigenvalue weighted by atomic mass is 32.2. The van der Waals surface area contributed by atoms with E-state index < -0.39 is 15.9 Å². The van der Waals surface area contributed by atoms with Crippen molar-refractivity contribution in [3.63, 3.8) is 0 Å². The summed E-state index contributed by atoms with van der Waals surface area (Å²) in [4.78, 5) is 13.0. The first-order chi connectivity index (χ1) is 14.4. The fourth-order valence-corrected chi connectivity index (χ4v) is 4.95. The molecule has 3 rings (SSSR count). The van der Waals surface area contributed by atoms with Crippen LogP contribution in [0.15, 0.2) is 47.4 Å². The van der Waals surface area contributed by atoms with Crippen molar-refractivity contribution in [3.8, 4) is 17.2 Å². The molecule has 30 heavy (non-hydrogen) atoms. The Balaban J connectivity index is 1.71. The molecule has 8 nitrogen and oxygen atoms in total. The van der Waals surface area contributed by atoms with E-state index in [1.165, 1.54) is 37.8 Å². The Morgan fingerprint density at radius 2 is 1.70 bits per heavy atom. The van der Waals surface area contributed by atoms with E-state index in [0.717, 1.165) is 0 Å². The van der Waals surface area contributed by atoms with Gasteiger partial charge in [-0.05, 0) is 49.2 Å². The van der Waals surface area contributed by atoms with E-state index in [9.17, 15) is 13.2 Å². The number of nitrogens with one attached hydrogen (secondary N) is 1. The van der Waals surface area contributed by atoms with E-state index >= 15 is 0 Å². The molecule has 2 aromatic rings. The van der Waals surface area contributed by atoms with Gasteiger partial charge in [0.05, 0.1) is 32.1 Å². The third-order valence-corrected chi connectivity index (χ3v) is 6.98. The highest BCUT2D eigenvalue weighted by molar-refractivity contribution is 7.89. The van der Waals surface area contributed by atoms with Gasteiger partial charge in [0.25, 0.3) is 0 Å². The highest BCUT2D eigenvalue weighted by Gasteiger charge is 2.33. The summed E-state index contributed by atoms with van der Waals surface area (Å²) >= 11 is 0. The van der Waals surface area contributed by atoms with Gasteiger partial charge in [-0.25, -0.2) is 8.42 Å². The molecule has 1 heterocycles. The summed E-state index contributed by atoms with van der Waals surface area (Å²) in [5.41, 5.74) is 0.563. The number of hydrogen-bond donors (Lipinski definition) is 1. The molecule has 1 aliphatic heterocycles. The van der Waals surface area contributed by atoms with E-state index in [4.69, 9.17) is 14.2 Å². The number of nitrogens with zero attached hydrogens (tertiary/aromatic N) is 1. The molecule has 1 fully saturated rings. The normalized spacial score (nSPS) is 17.2. The lowest BCUT2D eigenvalue weighted by Gasteiger charge is -2.31. The van der Waals surface area contributed by atoms with E-state index in [-0.39, 0.29) is 17.3 Å². The molecule has 0 spiro atoms. The topological polar surface area (TPSA) is 94.2 Å². The summed E-state index contributed by atoms with van der Waals surface area (Å²) in [7, 11) is 0.897. The Morgan fingerprint density at radius 1 is 1.00 bits per heavy atom. The SMILES string of the molecule is COc1ccc(S(=O)(=O)N2CCC[C@H](C(=O)Nc3ccc(OC)c(OC)c3)C2)cc1. The molecule has 162 valence electrons. The Labute approximate surface area is 176 Å². The molecule has 0 saturated carbocycles. The molecule has 1 aliphatic rings. The van der Waals surface area contributed by atoms with Crippen molar-refractivity contribution in [1.82, 2.24) is 4.31 Å². The zero-order chi connectivity index (χ0) is 21.7. The second-order valence-electron chi connectivity index (χ2n) is 6.94. The summed E-state index contributed by atoms with van der Waals surface area (Å²) in [5, 5.41) is 2.85. The first-order valence-electron chi connectivity index (χ1n) is 9.56. The minimum Gasteiger partial charge on any atom is -0.497 e. The number of ether oxygens (including phenoxy) is 3. The number of sulfonamides is 1. The van der Waals surface area contributed by atoms with Gasteiger partial charge in [0.15, 0.2) is 11.5 Å². The fraction of sp³-hybridized carbons (Fsp3) is 0.381. The smallest absolute Gasteiger partial charge is 0.243 e. The Bertz CT molecular complexity index is 991. The number of anilines is 1. The molecular formula is C21H26N2O6S. The van der Waals surface area contributed by atoms with Gasteiger partial charge in [-0.15, -0.1) is 0 Å². The molecule has 1 saturated heterocycles. The molecule has 0 aliphatic carbocycles. The molecule has 1 N–H and O–H groups in total. The number of carbonyl (C=O) groups is 1. The number of benzene rings is 2. The minimum absolute atomic E-state index is 0.132. The van der Waals surface area contributed by atoms with Gasteiger partial charge in [0, 0.05) is 24.8 Å². The van der Waals surface area contributed by atoms with Crippen molar-refractivity contribution in [2.45, 2.75) is 17.7 Å². The molecule has 9 heteroatoms. The van der Waals surface area contributed by atoms with Crippen molar-refractivity contribution in [2.24, 2.45) is 5.92 Å². The van der Waals surface area contributed by atoms with E-state index in [1.54, 1.807) is 30.3 Å². The predicted octanol–water partition coefficient (Wildman–Crippen LogP) is 2.75. The molecular weight excluding hydrogens is 408 g/mol. The van der Waals surface area contributed by atoms with Crippen molar-refractivity contribution >= 4 is 21.6 Å². The minimum atomic E-state index is -3.68. The maximum absolute atomic E-state index is 13.0. The van der Waals surface area contributed by atoms with Gasteiger partial charge in [-0.1, -0.05) is 0 Å². The monoisotopic (exact) mass is 434 g/mol. The van der Waals surface area contributed by atoms with Crippen LogP contribution in [0.5, 0.6) is 17.2 Å². The van der Waals surface area contributed by atoms with Gasteiger partial charge in [-0.3, -0.25) is 4.79 Å². The van der Waals surface area contributed by atoms with E-state index in [2.05, 4.69) is 5.32 Å². The molecule has 1 amide bonds. The van der Waals surface area contributed by atoms with Crippen LogP contribution in [-0.2, 0) is 14.8 Å². The standard InChI is InChI=1S/C21H26N2O6S/c1-27-17-7-9-18(10-8-17)30(25,26)23-12-4-5-15(14-23)21(24)22-16-6-11-19(28-2)20(13-16)29-3/h6-11,13,15H,4-5,12,14H2,1-3H3,(H,22,24)/t15-/m0/s1. The van der Waals surface area contributed by atoms with Crippen molar-refractivity contribution in [3.05, 3.63) is 42.5 Å². The second kappa shape index (κ2) is 9.36. The fourth-order valence-electron chi connectivity index (χ4n) is 3.43. The summed E-state index contributed by atoms with van der Waals surface area (Å²) < 4.78 is 42.9. The Morgan fingerprint density at radius 3 is 2.33 bits per heavy atom. The Kier molecular flexibility index (Phi) is 6.84. The summed E-state index contributed by atoms with van der Waals surface area (Å²) in [5.74, 6) is 0.976. The summed E-state index contributed by atoms with van der Waals surface area (Å²) in [6.07, 6.45) is 1.23. The largest absolute Gasteiger partial charge is 0.497 e. The van der Waals surface area contributed by atoms with Gasteiger partial charge in [-0.2, -0.15) is 4.31 Å². The van der Waals surface area contributed by atoms with Crippen LogP contribution in [0.1, 0.15) is 12.8 Å². The maximum Gasteiger partial charge on any atom is 0.243 e. The number of rotatable bonds is 7. The van der Waals surface area contributed by atoms with E-state index in [0.29, 0.717) is 42.3 Å². The van der Waals surface area contributed by atoms with Crippen LogP contribution in [0, 0.1) is 5.92 Å². The van der Waals surface area contributed by atoms with Crippen molar-refractivity contribution in [2.75, 3.05) is 39.7 Å². The average molecular weight is 435 g/mol. The van der Waals surface area contributed by atoms with Crippen LogP contribution in [-0.4, -0.2) is 53.0 Å². The first kappa shape index (κ1) is 21.9. The number of piperidine rings is 1. The molecule has 2 aromatic carbocycles. The zero-order valence-corrected chi connectivity index (χ0v) is 18.1. The highest BCUT2D eigenvalue weighted by Crippen LogP contribution is 2.31. The van der Waals surface area contributed by atoms with Crippen LogP contribution in [0.25, 0.3) is 0 Å². The molecule has 0 unspecified atom stereocenters. The summed E-state index contributed by atoms with van der Waals surface area (Å²) in [6, 6.07) is 11.3. The zero-order valence-electron chi connectivity index (χ0n) is 17.3. The predicted molar refractivity (Wildman–Crippen MR) is 113 cm³/mol. The van der Waals surface area contributed by atoms with Crippen molar-refractivity contribution in [1.29, 1.82) is 0 Å². The van der Waals surface area contributed by atoms with E-state index in [1.807, 2.05) is 0 Å². The lowest BCUT2D eigenvalue weighted by Crippen LogP contribution is -2.43. The van der Waals surface area contributed by atoms with Crippen molar-refractivity contribution < 1.29 is 27.4 Å². The van der Waals surface area contributed by atoms with Crippen LogP contribution in [0.3, 0.4) is 0 Å². The van der Waals surface area contributed by atoms with Crippen LogP contribution in [0.2, 0.25) is 0 Å². The Hall–Kier alpha value is -2.78. The van der Waals surface area contributed by atoms with Crippen LogP contribution < -0.4 is 19.5 Å². The second-order valence-corrected chi connectivity index (χ2v) is 8.87. The number of methoxy groups -OCH3 is 3. The molecule has 0 radical (unpaired) electrons. The van der Waals surface area contributed by atoms with Gasteiger partial charge < -0.3 is 19.5 Å². The molecule has 1 atom stereocenters. The number of amides is 1. The summed E-state index contributed by atoms with van der Waals surface area (Å²) in [6.45, 7) is 0.516. The average Bonchev–Trinajstić information content (AvgIpc) is 2.79. The van der Waals surface area contributed by atoms with Gasteiger partial charge in [0.1, 0.15) is 5.75 Å². The maximum atomic E-state index is 13.0. The van der Waals surface area contributed by atoms with Gasteiger partial charge in [0.2, 0.25) is 15.9 Å². The van der Waals surface area contributed by atoms with Gasteiger partial charge >= 0.3 is 0 Å². The molecule has 0 bridgehead atoms. The number of carbonyl (C=O) groups excluding carboxylic acids is 1. The third kappa shape index (κ3) is 4.68. The lowest BCUT2D eigenvalue weighted by molar-refractivity contribution is -0.120. The quantitative estimate of drug-likeness (QED) is 0.720. The van der Waals surface area contributed by atoms with Crippen LogP contribution >= 0.6 is 0 Å². The first-order valence-corrected chi connectivity index (χ1v) is 11.0. The van der Waals surface area contributed by atoms with Crippen LogP contribution in [0.4, 0.5) is 5.69 Å². The lowest BCUT2D eigenvalue weighted by atomic mass is 9.98.